The summed E-state index contributed by atoms with van der Waals surface area (Å²) in [6.45, 7) is 6.73. The molecule has 2 heterocycles. The van der Waals surface area contributed by atoms with E-state index in [1.165, 1.54) is 16.5 Å². The van der Waals surface area contributed by atoms with Crippen LogP contribution in [0.4, 0.5) is 0 Å². The average Bonchev–Trinajstić information content (AvgIpc) is 3.35. The molecule has 0 aliphatic carbocycles. The second-order valence-corrected chi connectivity index (χ2v) is 7.74. The lowest BCUT2D eigenvalue weighted by molar-refractivity contribution is 0.0796. The van der Waals surface area contributed by atoms with Gasteiger partial charge in [-0.1, -0.05) is 41.4 Å². The Morgan fingerprint density at radius 1 is 1.10 bits per heavy atom. The molecule has 0 spiro atoms. The van der Waals surface area contributed by atoms with Crippen molar-refractivity contribution in [2.75, 3.05) is 13.6 Å². The summed E-state index contributed by atoms with van der Waals surface area (Å²) in [7, 11) is 1.79. The van der Waals surface area contributed by atoms with E-state index in [1.54, 1.807) is 11.9 Å². The van der Waals surface area contributed by atoms with Crippen LogP contribution in [-0.2, 0) is 12.8 Å². The van der Waals surface area contributed by atoms with Crippen molar-refractivity contribution < 1.29 is 9.32 Å². The molecule has 154 valence electrons. The van der Waals surface area contributed by atoms with E-state index >= 15 is 0 Å². The molecule has 4 aromatic rings. The zero-order valence-electron chi connectivity index (χ0n) is 17.8. The van der Waals surface area contributed by atoms with E-state index in [-0.39, 0.29) is 5.91 Å². The Kier molecular flexibility index (Phi) is 5.40. The number of aryl methyl sites for hydroxylation is 3. The molecule has 0 aliphatic heterocycles. The zero-order chi connectivity index (χ0) is 21.3. The predicted octanol–water partition coefficient (Wildman–Crippen LogP) is 4.71. The van der Waals surface area contributed by atoms with Gasteiger partial charge in [0, 0.05) is 36.5 Å². The lowest BCUT2D eigenvalue weighted by atomic mass is 10.1. The molecule has 2 aromatic heterocycles. The minimum Gasteiger partial charge on any atom is -0.350 e. The molecule has 1 amide bonds. The quantitative estimate of drug-likeness (QED) is 0.507. The lowest BCUT2D eigenvalue weighted by Crippen LogP contribution is -2.29. The number of nitrogens with zero attached hydrogens (tertiary/aromatic N) is 3. The number of aromatic amines is 1. The number of amides is 1. The number of fused-ring (bicyclic) bond motifs is 1. The largest absolute Gasteiger partial charge is 0.350 e. The fourth-order valence-corrected chi connectivity index (χ4v) is 3.65. The van der Waals surface area contributed by atoms with E-state index in [9.17, 15) is 4.79 Å². The van der Waals surface area contributed by atoms with Crippen molar-refractivity contribution in [1.29, 1.82) is 0 Å². The van der Waals surface area contributed by atoms with Crippen LogP contribution in [-0.4, -0.2) is 39.5 Å². The maximum absolute atomic E-state index is 12.6. The number of H-pyrrole nitrogens is 1. The summed E-state index contributed by atoms with van der Waals surface area (Å²) < 4.78 is 5.55. The van der Waals surface area contributed by atoms with Gasteiger partial charge in [-0.05, 0) is 50.1 Å². The van der Waals surface area contributed by atoms with Crippen LogP contribution >= 0.6 is 0 Å². The summed E-state index contributed by atoms with van der Waals surface area (Å²) in [6, 6.07) is 13.9. The number of nitrogens with one attached hydrogen (secondary N) is 1. The normalized spacial score (nSPS) is 11.2. The highest BCUT2D eigenvalue weighted by atomic mass is 16.5. The van der Waals surface area contributed by atoms with Gasteiger partial charge in [0.05, 0.1) is 0 Å². The van der Waals surface area contributed by atoms with Crippen molar-refractivity contribution in [1.82, 2.24) is 20.0 Å². The standard InChI is InChI=1S/C24H26N4O2/c1-5-18-19-14-16(3)8-11-20(19)25-22(18)23-26-21(27-30-23)12-13-28(4)24(29)17-9-6-15(2)7-10-17/h6-11,14,25H,5,12-13H2,1-4H3. The van der Waals surface area contributed by atoms with Gasteiger partial charge in [0.15, 0.2) is 5.82 Å². The van der Waals surface area contributed by atoms with Gasteiger partial charge < -0.3 is 14.4 Å². The molecule has 6 nitrogen and oxygen atoms in total. The van der Waals surface area contributed by atoms with Crippen LogP contribution in [0, 0.1) is 13.8 Å². The summed E-state index contributed by atoms with van der Waals surface area (Å²) in [5.41, 5.74) is 6.15. The van der Waals surface area contributed by atoms with E-state index in [2.05, 4.69) is 47.2 Å². The molecular weight excluding hydrogens is 376 g/mol. The predicted molar refractivity (Wildman–Crippen MR) is 118 cm³/mol. The number of aromatic nitrogens is 3. The highest BCUT2D eigenvalue weighted by Gasteiger charge is 2.18. The first kappa shape index (κ1) is 19.9. The Hall–Kier alpha value is -3.41. The molecule has 1 N–H and O–H groups in total. The minimum atomic E-state index is -0.0158. The van der Waals surface area contributed by atoms with Crippen LogP contribution in [0.3, 0.4) is 0 Å². The van der Waals surface area contributed by atoms with Crippen LogP contribution in [0.5, 0.6) is 0 Å². The maximum Gasteiger partial charge on any atom is 0.274 e. The first-order valence-electron chi connectivity index (χ1n) is 10.2. The number of carbonyl (C=O) groups is 1. The summed E-state index contributed by atoms with van der Waals surface area (Å²) in [4.78, 5) is 22.3. The van der Waals surface area contributed by atoms with Gasteiger partial charge in [0.25, 0.3) is 11.8 Å². The molecule has 0 radical (unpaired) electrons. The molecule has 0 bridgehead atoms. The summed E-state index contributed by atoms with van der Waals surface area (Å²) in [5.74, 6) is 1.06. The Balaban J connectivity index is 1.49. The molecule has 30 heavy (non-hydrogen) atoms. The lowest BCUT2D eigenvalue weighted by Gasteiger charge is -2.16. The van der Waals surface area contributed by atoms with Gasteiger partial charge >= 0.3 is 0 Å². The van der Waals surface area contributed by atoms with E-state index in [1.807, 2.05) is 31.2 Å². The third kappa shape index (κ3) is 3.85. The molecular formula is C24H26N4O2. The van der Waals surface area contributed by atoms with Crippen LogP contribution in [0.2, 0.25) is 0 Å². The molecule has 0 fully saturated rings. The van der Waals surface area contributed by atoms with Gasteiger partial charge in [-0.2, -0.15) is 4.98 Å². The molecule has 0 atom stereocenters. The van der Waals surface area contributed by atoms with E-state index in [0.717, 1.165) is 23.2 Å². The average molecular weight is 402 g/mol. The Labute approximate surface area is 175 Å². The first-order chi connectivity index (χ1) is 14.5. The van der Waals surface area contributed by atoms with Gasteiger partial charge in [0.1, 0.15) is 5.69 Å². The van der Waals surface area contributed by atoms with Crippen molar-refractivity contribution in [3.05, 3.63) is 70.5 Å². The first-order valence-corrected chi connectivity index (χ1v) is 10.2. The fraction of sp³-hybridized carbons (Fsp3) is 0.292. The number of carbonyl (C=O) groups excluding carboxylic acids is 1. The van der Waals surface area contributed by atoms with E-state index in [4.69, 9.17) is 4.52 Å². The van der Waals surface area contributed by atoms with Crippen molar-refractivity contribution >= 4 is 16.8 Å². The number of benzene rings is 2. The van der Waals surface area contributed by atoms with Crippen molar-refractivity contribution in [3.63, 3.8) is 0 Å². The highest BCUT2D eigenvalue weighted by Crippen LogP contribution is 2.30. The van der Waals surface area contributed by atoms with Gasteiger partial charge in [0.2, 0.25) is 0 Å². The topological polar surface area (TPSA) is 75.0 Å². The number of likely N-dealkylation sites (N-methyl/N-ethyl adjacent to an activating group) is 1. The van der Waals surface area contributed by atoms with Crippen molar-refractivity contribution in [3.8, 4) is 11.6 Å². The van der Waals surface area contributed by atoms with Gasteiger partial charge in [-0.15, -0.1) is 0 Å². The third-order valence-corrected chi connectivity index (χ3v) is 5.41. The fourth-order valence-electron chi connectivity index (χ4n) is 3.65. The Morgan fingerprint density at radius 3 is 2.57 bits per heavy atom. The molecule has 0 saturated carbocycles. The Morgan fingerprint density at radius 2 is 1.83 bits per heavy atom. The van der Waals surface area contributed by atoms with E-state index < -0.39 is 0 Å². The summed E-state index contributed by atoms with van der Waals surface area (Å²) >= 11 is 0. The van der Waals surface area contributed by atoms with Gasteiger partial charge in [-0.25, -0.2) is 0 Å². The Bertz CT molecular complexity index is 1190. The summed E-state index contributed by atoms with van der Waals surface area (Å²) in [6.07, 6.45) is 1.39. The third-order valence-electron chi connectivity index (χ3n) is 5.41. The second kappa shape index (κ2) is 8.14. The van der Waals surface area contributed by atoms with Gasteiger partial charge in [-0.3, -0.25) is 4.79 Å². The monoisotopic (exact) mass is 402 g/mol. The number of hydrogen-bond donors (Lipinski definition) is 1. The molecule has 6 heteroatoms. The minimum absolute atomic E-state index is 0.0158. The molecule has 4 rings (SSSR count). The van der Waals surface area contributed by atoms with Crippen LogP contribution < -0.4 is 0 Å². The smallest absolute Gasteiger partial charge is 0.274 e. The van der Waals surface area contributed by atoms with Crippen LogP contribution in [0.1, 0.15) is 39.8 Å². The zero-order valence-corrected chi connectivity index (χ0v) is 17.8. The van der Waals surface area contributed by atoms with E-state index in [0.29, 0.717) is 30.2 Å². The molecule has 2 aromatic carbocycles. The summed E-state index contributed by atoms with van der Waals surface area (Å²) in [5, 5.41) is 5.32. The maximum atomic E-state index is 12.6. The highest BCUT2D eigenvalue weighted by molar-refractivity contribution is 5.94. The van der Waals surface area contributed by atoms with Crippen LogP contribution in [0.25, 0.3) is 22.5 Å². The number of rotatable bonds is 6. The molecule has 0 unspecified atom stereocenters. The molecule has 0 aliphatic rings. The second-order valence-electron chi connectivity index (χ2n) is 7.74. The van der Waals surface area contributed by atoms with Crippen molar-refractivity contribution in [2.45, 2.75) is 33.6 Å². The van der Waals surface area contributed by atoms with Crippen LogP contribution in [0.15, 0.2) is 47.0 Å². The number of hydrogen-bond acceptors (Lipinski definition) is 4. The SMILES string of the molecule is CCc1c(-c2nc(CCN(C)C(=O)c3ccc(C)cc3)no2)[nH]c2ccc(C)cc12. The molecule has 0 saturated heterocycles. The van der Waals surface area contributed by atoms with Crippen molar-refractivity contribution in [2.24, 2.45) is 0 Å².